The van der Waals surface area contributed by atoms with Gasteiger partial charge in [-0.25, -0.2) is 8.42 Å². The molecule has 27 heavy (non-hydrogen) atoms. The molecule has 1 aliphatic heterocycles. The van der Waals surface area contributed by atoms with E-state index < -0.39 is 15.9 Å². The van der Waals surface area contributed by atoms with Crippen molar-refractivity contribution < 1.29 is 22.7 Å². The molecule has 0 spiro atoms. The Hall–Kier alpha value is -1.97. The van der Waals surface area contributed by atoms with Gasteiger partial charge >= 0.3 is 0 Å². The average molecular weight is 397 g/mol. The van der Waals surface area contributed by atoms with Gasteiger partial charge in [-0.1, -0.05) is 6.92 Å². The topological polar surface area (TPSA) is 105 Å². The van der Waals surface area contributed by atoms with E-state index >= 15 is 0 Å². The maximum absolute atomic E-state index is 12.7. The minimum absolute atomic E-state index is 0.158. The molecule has 0 atom stereocenters. The van der Waals surface area contributed by atoms with Crippen molar-refractivity contribution in [2.45, 2.75) is 24.7 Å². The van der Waals surface area contributed by atoms with Gasteiger partial charge in [0.05, 0.1) is 18.0 Å². The summed E-state index contributed by atoms with van der Waals surface area (Å²) in [5.74, 6) is -0.221. The third-order valence-electron chi connectivity index (χ3n) is 4.53. The van der Waals surface area contributed by atoms with E-state index in [2.05, 4.69) is 17.6 Å². The molecule has 0 aliphatic carbocycles. The molecule has 0 aromatic heterocycles. The predicted molar refractivity (Wildman–Crippen MR) is 101 cm³/mol. The summed E-state index contributed by atoms with van der Waals surface area (Å²) in [6.07, 6.45) is 1.71. The fraction of sp³-hybridized carbons (Fsp3) is 0.556. The molecule has 9 heteroatoms. The number of hydrogen-bond donors (Lipinski definition) is 2. The van der Waals surface area contributed by atoms with Gasteiger partial charge in [-0.3, -0.25) is 9.59 Å². The van der Waals surface area contributed by atoms with Crippen molar-refractivity contribution in [2.75, 3.05) is 39.9 Å². The Morgan fingerprint density at radius 3 is 2.37 bits per heavy atom. The van der Waals surface area contributed by atoms with E-state index in [-0.39, 0.29) is 17.3 Å². The van der Waals surface area contributed by atoms with Crippen LogP contribution in [-0.2, 0) is 19.6 Å². The van der Waals surface area contributed by atoms with E-state index in [1.54, 1.807) is 0 Å². The molecule has 2 rings (SSSR count). The van der Waals surface area contributed by atoms with E-state index in [1.807, 2.05) is 0 Å². The monoisotopic (exact) mass is 397 g/mol. The Bertz CT molecular complexity index is 741. The highest BCUT2D eigenvalue weighted by Gasteiger charge is 2.28. The Morgan fingerprint density at radius 2 is 1.78 bits per heavy atom. The van der Waals surface area contributed by atoms with Crippen molar-refractivity contribution in [3.05, 3.63) is 29.8 Å². The third-order valence-corrected chi connectivity index (χ3v) is 6.45. The standard InChI is InChI=1S/C18H27N3O5S/c1-14-7-10-21(11-8-14)27(24,25)16-5-3-15(4-6-16)18(23)20-13-17(22)19-9-12-26-2/h3-6,14H,7-13H2,1-2H3,(H,19,22)(H,20,23). The van der Waals surface area contributed by atoms with Crippen LogP contribution in [0.2, 0.25) is 0 Å². The van der Waals surface area contributed by atoms with Crippen LogP contribution in [0.1, 0.15) is 30.1 Å². The van der Waals surface area contributed by atoms with Crippen LogP contribution >= 0.6 is 0 Å². The van der Waals surface area contributed by atoms with E-state index in [1.165, 1.54) is 35.7 Å². The number of carbonyl (C=O) groups is 2. The SMILES string of the molecule is COCCNC(=O)CNC(=O)c1ccc(S(=O)(=O)N2CCC(C)CC2)cc1. The van der Waals surface area contributed by atoms with Gasteiger partial charge in [0.25, 0.3) is 5.91 Å². The summed E-state index contributed by atoms with van der Waals surface area (Å²) in [4.78, 5) is 23.8. The minimum Gasteiger partial charge on any atom is -0.383 e. The second-order valence-corrected chi connectivity index (χ2v) is 8.57. The van der Waals surface area contributed by atoms with Gasteiger partial charge in [-0.05, 0) is 43.0 Å². The Labute approximate surface area is 160 Å². The molecule has 150 valence electrons. The molecule has 0 radical (unpaired) electrons. The van der Waals surface area contributed by atoms with Crippen LogP contribution in [0, 0.1) is 5.92 Å². The van der Waals surface area contributed by atoms with Crippen molar-refractivity contribution in [3.63, 3.8) is 0 Å². The molecule has 1 heterocycles. The molecule has 0 unspecified atom stereocenters. The molecule has 1 aliphatic rings. The van der Waals surface area contributed by atoms with E-state index in [4.69, 9.17) is 4.74 Å². The molecular formula is C18H27N3O5S. The highest BCUT2D eigenvalue weighted by Crippen LogP contribution is 2.23. The highest BCUT2D eigenvalue weighted by molar-refractivity contribution is 7.89. The molecule has 1 aromatic rings. The lowest BCUT2D eigenvalue weighted by molar-refractivity contribution is -0.120. The molecule has 8 nitrogen and oxygen atoms in total. The summed E-state index contributed by atoms with van der Waals surface area (Å²) < 4.78 is 31.7. The Kier molecular flexibility index (Phi) is 7.76. The third kappa shape index (κ3) is 6.02. The lowest BCUT2D eigenvalue weighted by Crippen LogP contribution is -2.38. The highest BCUT2D eigenvalue weighted by atomic mass is 32.2. The van der Waals surface area contributed by atoms with Crippen molar-refractivity contribution in [1.29, 1.82) is 0 Å². The maximum Gasteiger partial charge on any atom is 0.251 e. The number of methoxy groups -OCH3 is 1. The smallest absolute Gasteiger partial charge is 0.251 e. The summed E-state index contributed by atoms with van der Waals surface area (Å²) in [5.41, 5.74) is 0.297. The summed E-state index contributed by atoms with van der Waals surface area (Å²) in [6, 6.07) is 5.77. The van der Waals surface area contributed by atoms with Gasteiger partial charge in [0.2, 0.25) is 15.9 Å². The second-order valence-electron chi connectivity index (χ2n) is 6.64. The number of piperidine rings is 1. The van der Waals surface area contributed by atoms with Crippen LogP contribution in [-0.4, -0.2) is 64.4 Å². The number of sulfonamides is 1. The molecule has 2 N–H and O–H groups in total. The van der Waals surface area contributed by atoms with Crippen molar-refractivity contribution >= 4 is 21.8 Å². The first-order valence-electron chi connectivity index (χ1n) is 8.98. The lowest BCUT2D eigenvalue weighted by atomic mass is 10.0. The van der Waals surface area contributed by atoms with Gasteiger partial charge in [0, 0.05) is 32.3 Å². The number of hydrogen-bond acceptors (Lipinski definition) is 5. The zero-order chi connectivity index (χ0) is 19.9. The fourth-order valence-electron chi connectivity index (χ4n) is 2.77. The molecule has 0 saturated carbocycles. The largest absolute Gasteiger partial charge is 0.383 e. The molecule has 1 saturated heterocycles. The Balaban J connectivity index is 1.92. The summed E-state index contributed by atoms with van der Waals surface area (Å²) in [6.45, 7) is 3.76. The van der Waals surface area contributed by atoms with Crippen molar-refractivity contribution in [1.82, 2.24) is 14.9 Å². The van der Waals surface area contributed by atoms with Crippen LogP contribution in [0.25, 0.3) is 0 Å². The van der Waals surface area contributed by atoms with E-state index in [9.17, 15) is 18.0 Å². The van der Waals surface area contributed by atoms with Gasteiger partial charge in [0.15, 0.2) is 0 Å². The first-order valence-corrected chi connectivity index (χ1v) is 10.4. The number of amides is 2. The summed E-state index contributed by atoms with van der Waals surface area (Å²) in [7, 11) is -2.01. The normalized spacial score (nSPS) is 16.1. The summed E-state index contributed by atoms with van der Waals surface area (Å²) >= 11 is 0. The van der Waals surface area contributed by atoms with Crippen LogP contribution in [0.4, 0.5) is 0 Å². The minimum atomic E-state index is -3.54. The van der Waals surface area contributed by atoms with Crippen LogP contribution in [0.5, 0.6) is 0 Å². The quantitative estimate of drug-likeness (QED) is 0.625. The van der Waals surface area contributed by atoms with Crippen LogP contribution in [0.3, 0.4) is 0 Å². The van der Waals surface area contributed by atoms with Gasteiger partial charge in [-0.2, -0.15) is 4.31 Å². The zero-order valence-electron chi connectivity index (χ0n) is 15.7. The predicted octanol–water partition coefficient (Wildman–Crippen LogP) is 0.600. The van der Waals surface area contributed by atoms with Gasteiger partial charge in [-0.15, -0.1) is 0 Å². The second kappa shape index (κ2) is 9.82. The number of nitrogens with one attached hydrogen (secondary N) is 2. The Morgan fingerprint density at radius 1 is 1.15 bits per heavy atom. The number of carbonyl (C=O) groups excluding carboxylic acids is 2. The van der Waals surface area contributed by atoms with Crippen LogP contribution < -0.4 is 10.6 Å². The van der Waals surface area contributed by atoms with E-state index in [0.29, 0.717) is 37.7 Å². The first kappa shape index (κ1) is 21.3. The molecule has 1 fully saturated rings. The van der Waals surface area contributed by atoms with Crippen molar-refractivity contribution in [2.24, 2.45) is 5.92 Å². The summed E-state index contributed by atoms with van der Waals surface area (Å²) in [5, 5.41) is 5.10. The maximum atomic E-state index is 12.7. The number of ether oxygens (including phenoxy) is 1. The van der Waals surface area contributed by atoms with Crippen LogP contribution in [0.15, 0.2) is 29.2 Å². The first-order chi connectivity index (χ1) is 12.8. The number of benzene rings is 1. The number of rotatable bonds is 8. The molecule has 1 aromatic carbocycles. The zero-order valence-corrected chi connectivity index (χ0v) is 16.5. The average Bonchev–Trinajstić information content (AvgIpc) is 2.67. The molecule has 2 amide bonds. The van der Waals surface area contributed by atoms with Crippen molar-refractivity contribution in [3.8, 4) is 0 Å². The lowest BCUT2D eigenvalue weighted by Gasteiger charge is -2.29. The number of nitrogens with zero attached hydrogens (tertiary/aromatic N) is 1. The molecular weight excluding hydrogens is 370 g/mol. The van der Waals surface area contributed by atoms with E-state index in [0.717, 1.165) is 12.8 Å². The van der Waals surface area contributed by atoms with Gasteiger partial charge in [0.1, 0.15) is 0 Å². The fourth-order valence-corrected chi connectivity index (χ4v) is 4.24. The van der Waals surface area contributed by atoms with Gasteiger partial charge < -0.3 is 15.4 Å². The molecule has 0 bridgehead atoms.